The summed E-state index contributed by atoms with van der Waals surface area (Å²) in [5, 5.41) is 25.0. The molecule has 4 aromatic rings. The molecule has 3 N–H and O–H groups in total. The van der Waals surface area contributed by atoms with Crippen molar-refractivity contribution in [3.63, 3.8) is 0 Å². The highest BCUT2D eigenvalue weighted by molar-refractivity contribution is 7.89. The zero-order valence-corrected chi connectivity index (χ0v) is 19.3. The molecule has 33 heavy (non-hydrogen) atoms. The summed E-state index contributed by atoms with van der Waals surface area (Å²) in [7, 11) is -2.20. The van der Waals surface area contributed by atoms with Crippen LogP contribution in [0.4, 0.5) is 4.79 Å². The molecule has 0 bridgehead atoms. The second kappa shape index (κ2) is 7.71. The standard InChI is InChI=1S/C22H23N5O5S/c1-22(2,3)32-21(29)27-18-9-16(14-11-24-26(4)12-14)19(28)10-17(18)20(25-27)13-6-5-7-15(8-13)33(23,30)31/h5-12,28H,1-4H3,(H2,23,30,31). The van der Waals surface area contributed by atoms with E-state index in [1.54, 1.807) is 57.0 Å². The number of carbonyl (C=O) groups excluding carboxylic acids is 1. The van der Waals surface area contributed by atoms with E-state index in [2.05, 4.69) is 10.2 Å². The number of aromatic nitrogens is 4. The normalized spacial score (nSPS) is 12.3. The summed E-state index contributed by atoms with van der Waals surface area (Å²) in [6.45, 7) is 5.21. The van der Waals surface area contributed by atoms with Crippen LogP contribution in [0.15, 0.2) is 53.7 Å². The third kappa shape index (κ3) is 4.45. The van der Waals surface area contributed by atoms with Crippen molar-refractivity contribution in [2.75, 3.05) is 0 Å². The number of rotatable bonds is 3. The SMILES string of the molecule is Cn1cc(-c2cc3c(cc2O)c(-c2cccc(S(N)(=O)=O)c2)nn3C(=O)OC(C)(C)C)cn1. The van der Waals surface area contributed by atoms with Gasteiger partial charge in [-0.2, -0.15) is 14.9 Å². The summed E-state index contributed by atoms with van der Waals surface area (Å²) in [4.78, 5) is 12.9. The predicted octanol–water partition coefficient (Wildman–Crippen LogP) is 3.24. The lowest BCUT2D eigenvalue weighted by Crippen LogP contribution is -2.27. The fraction of sp³-hybridized carbons (Fsp3) is 0.227. The summed E-state index contributed by atoms with van der Waals surface area (Å²) < 4.78 is 31.9. The van der Waals surface area contributed by atoms with E-state index < -0.39 is 21.7 Å². The minimum absolute atomic E-state index is 0.0527. The topological polar surface area (TPSA) is 142 Å². The van der Waals surface area contributed by atoms with Gasteiger partial charge in [-0.15, -0.1) is 0 Å². The van der Waals surface area contributed by atoms with Crippen molar-refractivity contribution in [3.05, 3.63) is 48.8 Å². The number of primary sulfonamides is 1. The monoisotopic (exact) mass is 469 g/mol. The molecule has 172 valence electrons. The molecule has 4 rings (SSSR count). The maximum absolute atomic E-state index is 13.0. The number of nitrogens with two attached hydrogens (primary N) is 1. The number of phenolic OH excluding ortho intramolecular Hbond substituents is 1. The van der Waals surface area contributed by atoms with Gasteiger partial charge in [0.2, 0.25) is 10.0 Å². The quantitative estimate of drug-likeness (QED) is 0.469. The number of benzene rings is 2. The van der Waals surface area contributed by atoms with Crippen LogP contribution < -0.4 is 5.14 Å². The van der Waals surface area contributed by atoms with Gasteiger partial charge < -0.3 is 9.84 Å². The van der Waals surface area contributed by atoms with Crippen molar-refractivity contribution in [3.8, 4) is 28.1 Å². The van der Waals surface area contributed by atoms with Gasteiger partial charge in [0.1, 0.15) is 17.0 Å². The van der Waals surface area contributed by atoms with Gasteiger partial charge in [-0.25, -0.2) is 18.4 Å². The van der Waals surface area contributed by atoms with Crippen LogP contribution in [0, 0.1) is 0 Å². The molecule has 0 saturated carbocycles. The van der Waals surface area contributed by atoms with E-state index in [1.807, 2.05) is 0 Å². The Labute approximate surface area is 190 Å². The fourth-order valence-electron chi connectivity index (χ4n) is 3.42. The number of carbonyl (C=O) groups is 1. The Morgan fingerprint density at radius 1 is 1.15 bits per heavy atom. The van der Waals surface area contributed by atoms with Gasteiger partial charge in [0.15, 0.2) is 0 Å². The molecule has 0 spiro atoms. The maximum atomic E-state index is 13.0. The van der Waals surface area contributed by atoms with E-state index in [0.29, 0.717) is 27.6 Å². The Morgan fingerprint density at radius 2 is 1.88 bits per heavy atom. The van der Waals surface area contributed by atoms with Crippen molar-refractivity contribution in [1.29, 1.82) is 0 Å². The first kappa shape index (κ1) is 22.5. The van der Waals surface area contributed by atoms with Crippen molar-refractivity contribution in [2.24, 2.45) is 12.2 Å². The maximum Gasteiger partial charge on any atom is 0.435 e. The molecule has 10 nitrogen and oxygen atoms in total. The van der Waals surface area contributed by atoms with E-state index in [0.717, 1.165) is 4.68 Å². The van der Waals surface area contributed by atoms with Crippen molar-refractivity contribution in [2.45, 2.75) is 31.3 Å². The number of aromatic hydroxyl groups is 1. The highest BCUT2D eigenvalue weighted by atomic mass is 32.2. The van der Waals surface area contributed by atoms with Gasteiger partial charge in [0.05, 0.1) is 16.6 Å². The molecular weight excluding hydrogens is 446 g/mol. The highest BCUT2D eigenvalue weighted by Gasteiger charge is 2.25. The third-order valence-electron chi connectivity index (χ3n) is 4.82. The smallest absolute Gasteiger partial charge is 0.435 e. The predicted molar refractivity (Wildman–Crippen MR) is 122 cm³/mol. The molecule has 11 heteroatoms. The first-order valence-corrected chi connectivity index (χ1v) is 11.5. The van der Waals surface area contributed by atoms with Crippen molar-refractivity contribution < 1.29 is 23.1 Å². The molecule has 2 heterocycles. The second-order valence-corrected chi connectivity index (χ2v) is 10.2. The molecule has 0 radical (unpaired) electrons. The van der Waals surface area contributed by atoms with Gasteiger partial charge in [-0.1, -0.05) is 12.1 Å². The number of hydrogen-bond donors (Lipinski definition) is 2. The van der Waals surface area contributed by atoms with Gasteiger partial charge in [-0.3, -0.25) is 4.68 Å². The first-order chi connectivity index (χ1) is 15.3. The minimum Gasteiger partial charge on any atom is -0.507 e. The Kier molecular flexibility index (Phi) is 5.26. The van der Waals surface area contributed by atoms with Crippen LogP contribution >= 0.6 is 0 Å². The average molecular weight is 470 g/mol. The molecule has 0 amide bonds. The first-order valence-electron chi connectivity index (χ1n) is 9.95. The van der Waals surface area contributed by atoms with E-state index in [9.17, 15) is 18.3 Å². The van der Waals surface area contributed by atoms with Crippen LogP contribution in [0.1, 0.15) is 20.8 Å². The summed E-state index contributed by atoms with van der Waals surface area (Å²) in [6, 6.07) is 8.99. The van der Waals surface area contributed by atoms with Crippen LogP contribution in [0.5, 0.6) is 5.75 Å². The number of ether oxygens (including phenoxy) is 1. The zero-order chi connectivity index (χ0) is 24.1. The Hall–Kier alpha value is -3.70. The van der Waals surface area contributed by atoms with Gasteiger partial charge in [0, 0.05) is 35.3 Å². The van der Waals surface area contributed by atoms with Crippen molar-refractivity contribution >= 4 is 27.0 Å². The highest BCUT2D eigenvalue weighted by Crippen LogP contribution is 2.38. The minimum atomic E-state index is -3.95. The number of phenols is 1. The van der Waals surface area contributed by atoms with Crippen LogP contribution in [-0.2, 0) is 21.8 Å². The van der Waals surface area contributed by atoms with Crippen molar-refractivity contribution in [1.82, 2.24) is 19.6 Å². The summed E-state index contributed by atoms with van der Waals surface area (Å²) in [5.74, 6) is -0.0527. The zero-order valence-electron chi connectivity index (χ0n) is 18.5. The molecule has 0 aliphatic rings. The lowest BCUT2D eigenvalue weighted by molar-refractivity contribution is 0.0523. The largest absolute Gasteiger partial charge is 0.507 e. The molecule has 0 atom stereocenters. The van der Waals surface area contributed by atoms with Gasteiger partial charge in [0.25, 0.3) is 0 Å². The Balaban J connectivity index is 1.98. The average Bonchev–Trinajstić information content (AvgIpc) is 3.29. The molecule has 0 fully saturated rings. The number of sulfonamides is 1. The third-order valence-corrected chi connectivity index (χ3v) is 5.73. The second-order valence-electron chi connectivity index (χ2n) is 8.60. The molecule has 0 unspecified atom stereocenters. The van der Waals surface area contributed by atoms with Gasteiger partial charge in [-0.05, 0) is 45.0 Å². The lowest BCUT2D eigenvalue weighted by Gasteiger charge is -2.19. The number of aryl methyl sites for hydroxylation is 1. The van der Waals surface area contributed by atoms with E-state index in [1.165, 1.54) is 24.3 Å². The van der Waals surface area contributed by atoms with Crippen LogP contribution in [-0.4, -0.2) is 44.8 Å². The van der Waals surface area contributed by atoms with Gasteiger partial charge >= 0.3 is 6.09 Å². The van der Waals surface area contributed by atoms with Crippen LogP contribution in [0.2, 0.25) is 0 Å². The molecule has 0 aliphatic heterocycles. The molecule has 2 aromatic carbocycles. The fourth-order valence-corrected chi connectivity index (χ4v) is 3.98. The molecule has 2 aromatic heterocycles. The number of nitrogens with zero attached hydrogens (tertiary/aromatic N) is 4. The molecular formula is C22H23N5O5S. The number of fused-ring (bicyclic) bond motifs is 1. The summed E-state index contributed by atoms with van der Waals surface area (Å²) in [5.41, 5.74) is 1.39. The summed E-state index contributed by atoms with van der Waals surface area (Å²) in [6.07, 6.45) is 2.60. The summed E-state index contributed by atoms with van der Waals surface area (Å²) >= 11 is 0. The van der Waals surface area contributed by atoms with E-state index in [-0.39, 0.29) is 16.3 Å². The van der Waals surface area contributed by atoms with Crippen LogP contribution in [0.3, 0.4) is 0 Å². The molecule has 0 saturated heterocycles. The Morgan fingerprint density at radius 3 is 2.48 bits per heavy atom. The Bertz CT molecular complexity index is 1500. The van der Waals surface area contributed by atoms with E-state index in [4.69, 9.17) is 9.88 Å². The van der Waals surface area contributed by atoms with Crippen LogP contribution in [0.25, 0.3) is 33.3 Å². The van der Waals surface area contributed by atoms with E-state index >= 15 is 0 Å². The molecule has 0 aliphatic carbocycles. The number of hydrogen-bond acceptors (Lipinski definition) is 7. The lowest BCUT2D eigenvalue weighted by atomic mass is 10.0.